The molecule has 0 spiro atoms. The fraction of sp³-hybridized carbons (Fsp3) is 0.231. The molecule has 15 heavy (non-hydrogen) atoms. The molecule has 0 saturated carbocycles. The highest BCUT2D eigenvalue weighted by Crippen LogP contribution is 2.04. The molecular formula is C13H14O2. The lowest BCUT2D eigenvalue weighted by atomic mass is 10.1. The van der Waals surface area contributed by atoms with Crippen molar-refractivity contribution in [3.05, 3.63) is 48.0 Å². The fourth-order valence-electron chi connectivity index (χ4n) is 1.34. The zero-order valence-electron chi connectivity index (χ0n) is 8.56. The Hall–Kier alpha value is -1.70. The van der Waals surface area contributed by atoms with E-state index in [-0.39, 0.29) is 5.78 Å². The maximum Gasteiger partial charge on any atom is 0.155 e. The summed E-state index contributed by atoms with van der Waals surface area (Å²) >= 11 is 0. The van der Waals surface area contributed by atoms with E-state index in [0.717, 1.165) is 12.8 Å². The Morgan fingerprint density at radius 2 is 1.93 bits per heavy atom. The number of carbonyl (C=O) groups is 2. The van der Waals surface area contributed by atoms with Gasteiger partial charge in [0.15, 0.2) is 5.78 Å². The molecule has 0 heterocycles. The van der Waals surface area contributed by atoms with Crippen LogP contribution in [-0.4, -0.2) is 12.1 Å². The minimum Gasteiger partial charge on any atom is -0.299 e. The number of allylic oxidation sites excluding steroid dienone is 2. The molecule has 0 aliphatic carbocycles. The molecule has 0 atom stereocenters. The van der Waals surface area contributed by atoms with Gasteiger partial charge < -0.3 is 0 Å². The van der Waals surface area contributed by atoms with E-state index in [1.165, 1.54) is 17.7 Å². The van der Waals surface area contributed by atoms with E-state index in [1.807, 2.05) is 30.3 Å². The standard InChI is InChI=1S/C13H14O2/c14-11-5-10-13(15)9-4-8-12-6-2-1-3-7-12/h1-3,5-7,10-11H,4,8-9H2/b10-5+. The van der Waals surface area contributed by atoms with Crippen LogP contribution in [0.25, 0.3) is 0 Å². The van der Waals surface area contributed by atoms with Crippen molar-refractivity contribution in [2.45, 2.75) is 19.3 Å². The summed E-state index contributed by atoms with van der Waals surface area (Å²) < 4.78 is 0. The lowest BCUT2D eigenvalue weighted by Crippen LogP contribution is -1.94. The van der Waals surface area contributed by atoms with Crippen molar-refractivity contribution in [2.75, 3.05) is 0 Å². The second-order valence-electron chi connectivity index (χ2n) is 3.30. The van der Waals surface area contributed by atoms with E-state index >= 15 is 0 Å². The summed E-state index contributed by atoms with van der Waals surface area (Å²) in [5.41, 5.74) is 1.24. The molecule has 0 N–H and O–H groups in total. The maximum absolute atomic E-state index is 11.1. The Kier molecular flexibility index (Phi) is 5.09. The molecular weight excluding hydrogens is 188 g/mol. The first-order valence-corrected chi connectivity index (χ1v) is 5.01. The number of aldehydes is 1. The van der Waals surface area contributed by atoms with Crippen LogP contribution in [0.4, 0.5) is 0 Å². The largest absolute Gasteiger partial charge is 0.299 e. The van der Waals surface area contributed by atoms with E-state index in [2.05, 4.69) is 0 Å². The zero-order valence-corrected chi connectivity index (χ0v) is 8.56. The van der Waals surface area contributed by atoms with Crippen molar-refractivity contribution < 1.29 is 9.59 Å². The van der Waals surface area contributed by atoms with Crippen LogP contribution < -0.4 is 0 Å². The molecule has 1 aromatic rings. The molecule has 0 aromatic heterocycles. The number of ketones is 1. The fourth-order valence-corrected chi connectivity index (χ4v) is 1.34. The third-order valence-electron chi connectivity index (χ3n) is 2.09. The van der Waals surface area contributed by atoms with Crippen LogP contribution in [0.5, 0.6) is 0 Å². The third-order valence-corrected chi connectivity index (χ3v) is 2.09. The molecule has 0 unspecified atom stereocenters. The van der Waals surface area contributed by atoms with Crippen molar-refractivity contribution in [2.24, 2.45) is 0 Å². The van der Waals surface area contributed by atoms with E-state index in [1.54, 1.807) is 0 Å². The Labute approximate surface area is 89.6 Å². The average Bonchev–Trinajstić information content (AvgIpc) is 2.28. The lowest BCUT2D eigenvalue weighted by Gasteiger charge is -1.98. The Morgan fingerprint density at radius 3 is 2.60 bits per heavy atom. The zero-order chi connectivity index (χ0) is 10.9. The summed E-state index contributed by atoms with van der Waals surface area (Å²) in [6, 6.07) is 10.0. The normalized spacial score (nSPS) is 10.4. The number of hydrogen-bond acceptors (Lipinski definition) is 2. The third kappa shape index (κ3) is 4.91. The molecule has 0 aliphatic rings. The molecule has 2 heteroatoms. The van der Waals surface area contributed by atoms with Gasteiger partial charge in [0.05, 0.1) is 0 Å². The highest BCUT2D eigenvalue weighted by atomic mass is 16.1. The van der Waals surface area contributed by atoms with Gasteiger partial charge in [0.25, 0.3) is 0 Å². The molecule has 0 aliphatic heterocycles. The Morgan fingerprint density at radius 1 is 1.20 bits per heavy atom. The number of aryl methyl sites for hydroxylation is 1. The number of rotatable bonds is 6. The van der Waals surface area contributed by atoms with Gasteiger partial charge in [-0.25, -0.2) is 0 Å². The van der Waals surface area contributed by atoms with Crippen molar-refractivity contribution in [1.82, 2.24) is 0 Å². The van der Waals surface area contributed by atoms with Gasteiger partial charge in [-0.1, -0.05) is 30.3 Å². The van der Waals surface area contributed by atoms with Gasteiger partial charge in [0.2, 0.25) is 0 Å². The van der Waals surface area contributed by atoms with Crippen LogP contribution in [0.3, 0.4) is 0 Å². The molecule has 0 saturated heterocycles. The van der Waals surface area contributed by atoms with E-state index in [9.17, 15) is 9.59 Å². The van der Waals surface area contributed by atoms with Crippen LogP contribution in [0, 0.1) is 0 Å². The molecule has 1 rings (SSSR count). The first kappa shape index (κ1) is 11.4. The molecule has 78 valence electrons. The number of benzene rings is 1. The molecule has 0 fully saturated rings. The van der Waals surface area contributed by atoms with Crippen LogP contribution in [0.1, 0.15) is 18.4 Å². The van der Waals surface area contributed by atoms with Gasteiger partial charge in [0, 0.05) is 6.42 Å². The molecule has 0 amide bonds. The summed E-state index contributed by atoms with van der Waals surface area (Å²) in [6.07, 6.45) is 5.42. The molecule has 1 aromatic carbocycles. The molecule has 2 nitrogen and oxygen atoms in total. The van der Waals surface area contributed by atoms with Crippen LogP contribution in [0.2, 0.25) is 0 Å². The topological polar surface area (TPSA) is 34.1 Å². The Balaban J connectivity index is 2.25. The molecule has 0 radical (unpaired) electrons. The highest BCUT2D eigenvalue weighted by molar-refractivity contribution is 5.92. The van der Waals surface area contributed by atoms with Gasteiger partial charge in [0.1, 0.15) is 6.29 Å². The highest BCUT2D eigenvalue weighted by Gasteiger charge is 1.97. The summed E-state index contributed by atoms with van der Waals surface area (Å²) in [6.45, 7) is 0. The van der Waals surface area contributed by atoms with Crippen LogP contribution in [-0.2, 0) is 16.0 Å². The average molecular weight is 202 g/mol. The van der Waals surface area contributed by atoms with E-state index in [4.69, 9.17) is 0 Å². The van der Waals surface area contributed by atoms with Crippen molar-refractivity contribution in [3.63, 3.8) is 0 Å². The summed E-state index contributed by atoms with van der Waals surface area (Å²) in [7, 11) is 0. The van der Waals surface area contributed by atoms with Crippen molar-refractivity contribution >= 4 is 12.1 Å². The predicted octanol–water partition coefficient (Wildman–Crippen LogP) is 2.33. The number of carbonyl (C=O) groups excluding carboxylic acids is 2. The quantitative estimate of drug-likeness (QED) is 0.524. The first-order valence-electron chi connectivity index (χ1n) is 5.01. The lowest BCUT2D eigenvalue weighted by molar-refractivity contribution is -0.115. The monoisotopic (exact) mass is 202 g/mol. The SMILES string of the molecule is O=C/C=C/C(=O)CCCc1ccccc1. The van der Waals surface area contributed by atoms with E-state index in [0.29, 0.717) is 12.7 Å². The van der Waals surface area contributed by atoms with Crippen LogP contribution >= 0.6 is 0 Å². The van der Waals surface area contributed by atoms with Crippen molar-refractivity contribution in [3.8, 4) is 0 Å². The summed E-state index contributed by atoms with van der Waals surface area (Å²) in [5, 5.41) is 0. The minimum atomic E-state index is 0.0121. The van der Waals surface area contributed by atoms with Crippen LogP contribution in [0.15, 0.2) is 42.5 Å². The molecule has 0 bridgehead atoms. The minimum absolute atomic E-state index is 0.0121. The smallest absolute Gasteiger partial charge is 0.155 e. The predicted molar refractivity (Wildman–Crippen MR) is 59.6 cm³/mol. The second kappa shape index (κ2) is 6.71. The van der Waals surface area contributed by atoms with Gasteiger partial charge in [-0.2, -0.15) is 0 Å². The Bertz CT molecular complexity index is 339. The van der Waals surface area contributed by atoms with Gasteiger partial charge in [-0.3, -0.25) is 9.59 Å². The van der Waals surface area contributed by atoms with Gasteiger partial charge >= 0.3 is 0 Å². The number of hydrogen-bond donors (Lipinski definition) is 0. The van der Waals surface area contributed by atoms with E-state index < -0.39 is 0 Å². The first-order chi connectivity index (χ1) is 7.33. The van der Waals surface area contributed by atoms with Gasteiger partial charge in [-0.15, -0.1) is 0 Å². The van der Waals surface area contributed by atoms with Gasteiger partial charge in [-0.05, 0) is 30.6 Å². The second-order valence-corrected chi connectivity index (χ2v) is 3.30. The summed E-state index contributed by atoms with van der Waals surface area (Å²) in [5.74, 6) is 0.0121. The van der Waals surface area contributed by atoms with Crippen molar-refractivity contribution in [1.29, 1.82) is 0 Å². The summed E-state index contributed by atoms with van der Waals surface area (Å²) in [4.78, 5) is 21.1. The maximum atomic E-state index is 11.1.